The van der Waals surface area contributed by atoms with E-state index < -0.39 is 11.0 Å². The predicted molar refractivity (Wildman–Crippen MR) is 243 cm³/mol. The van der Waals surface area contributed by atoms with E-state index in [-0.39, 0.29) is 0 Å². The van der Waals surface area contributed by atoms with E-state index in [1.165, 1.54) is 83.1 Å². The number of hydrogen-bond donors (Lipinski definition) is 1. The minimum atomic E-state index is -0.548. The summed E-state index contributed by atoms with van der Waals surface area (Å²) in [6.07, 6.45) is 6.80. The van der Waals surface area contributed by atoms with Crippen LogP contribution in [-0.4, -0.2) is 0 Å². The van der Waals surface area contributed by atoms with Gasteiger partial charge in [0.2, 0.25) is 0 Å². The Hall–Kier alpha value is -5.96. The van der Waals surface area contributed by atoms with Gasteiger partial charge in [0.1, 0.15) is 0 Å². The fraction of sp³-hybridized carbons (Fsp3) is 0.148. The first-order valence-corrected chi connectivity index (χ1v) is 20.7. The monoisotopic (exact) mass is 743 g/mol. The summed E-state index contributed by atoms with van der Waals surface area (Å²) in [5.74, 6) is 0. The van der Waals surface area contributed by atoms with Gasteiger partial charge >= 0.3 is 0 Å². The number of nitrogens with one attached hydrogen (secondary N) is 1. The smallest absolute Gasteiger partial charge is 0.0852 e. The Morgan fingerprint density at radius 1 is 0.643 bits per heavy atom. The van der Waals surface area contributed by atoms with E-state index in [4.69, 9.17) is 0 Å². The van der Waals surface area contributed by atoms with Crippen LogP contribution in [0.1, 0.15) is 77.4 Å². The van der Waals surface area contributed by atoms with Crippen molar-refractivity contribution >= 4 is 37.8 Å². The number of fused-ring (bicyclic) bond motifs is 5. The van der Waals surface area contributed by atoms with E-state index in [1.54, 1.807) is 0 Å². The zero-order valence-electron chi connectivity index (χ0n) is 32.9. The van der Waals surface area contributed by atoms with E-state index >= 15 is 0 Å². The molecular weight excluding hydrogens is 695 g/mol. The molecule has 0 aliphatic heterocycles. The Kier molecular flexibility index (Phi) is 10.3. The molecule has 1 atom stereocenters. The van der Waals surface area contributed by atoms with Crippen LogP contribution in [0.3, 0.4) is 0 Å². The normalized spacial score (nSPS) is 13.8. The molecule has 0 saturated heterocycles. The lowest BCUT2D eigenvalue weighted by atomic mass is 9.69. The van der Waals surface area contributed by atoms with Gasteiger partial charge in [0.05, 0.1) is 11.0 Å². The molecule has 0 spiro atoms. The van der Waals surface area contributed by atoms with Crippen molar-refractivity contribution in [3.05, 3.63) is 233 Å². The van der Waals surface area contributed by atoms with E-state index in [2.05, 4.69) is 216 Å². The van der Waals surface area contributed by atoms with Gasteiger partial charge in [0.25, 0.3) is 0 Å². The molecular formula is C54H49NS. The third kappa shape index (κ3) is 6.38. The number of thiophene rings is 1. The standard InChI is InChI=1S/C50H39NS.C4H10/c1-34(36-16-5-4-6-17-36)30-31-51-49(3,44-26-15-20-37-18-7-9-21-40(37)44)39-28-29-43(35(2)32-39)50(48-33-38-19-8-14-27-47(38)52-48)45-24-12-10-22-41(45)42-23-11-13-25-46(42)50;1-3-4-2/h4-33,51H,1H2,2-3H3;3-4H2,1-2H3/b31-30-;. The Morgan fingerprint density at radius 2 is 1.25 bits per heavy atom. The molecule has 0 bridgehead atoms. The summed E-state index contributed by atoms with van der Waals surface area (Å²) in [6.45, 7) is 13.3. The van der Waals surface area contributed by atoms with E-state index in [0.717, 1.165) is 11.1 Å². The van der Waals surface area contributed by atoms with Gasteiger partial charge in [-0.25, -0.2) is 0 Å². The van der Waals surface area contributed by atoms with Crippen LogP contribution < -0.4 is 5.32 Å². The Bertz CT molecular complexity index is 2610. The second-order valence-corrected chi connectivity index (χ2v) is 16.1. The second-order valence-electron chi connectivity index (χ2n) is 15.0. The molecule has 0 radical (unpaired) electrons. The van der Waals surface area contributed by atoms with Crippen LogP contribution in [0.5, 0.6) is 0 Å². The molecule has 0 fully saturated rings. The van der Waals surface area contributed by atoms with Gasteiger partial charge in [-0.1, -0.05) is 191 Å². The van der Waals surface area contributed by atoms with Gasteiger partial charge in [-0.05, 0) is 110 Å². The molecule has 1 aliphatic carbocycles. The number of hydrogen-bond acceptors (Lipinski definition) is 2. The molecule has 0 amide bonds. The SMILES string of the molecule is C=C(/C=C\NC(C)(c1ccc(C2(c3cc4ccccc4s3)c3ccccc3-c3ccccc32)c(C)c1)c1cccc2ccccc12)c1ccccc1.CCCC. The topological polar surface area (TPSA) is 12.0 Å². The lowest BCUT2D eigenvalue weighted by Gasteiger charge is -2.36. The third-order valence-corrected chi connectivity index (χ3v) is 12.8. The second kappa shape index (κ2) is 15.6. The Morgan fingerprint density at radius 3 is 1.93 bits per heavy atom. The zero-order valence-corrected chi connectivity index (χ0v) is 33.7. The fourth-order valence-corrected chi connectivity index (χ4v) is 9.82. The maximum Gasteiger partial charge on any atom is 0.0852 e. The molecule has 1 nitrogen and oxygen atoms in total. The Labute approximate surface area is 336 Å². The lowest BCUT2D eigenvalue weighted by Crippen LogP contribution is -2.38. The molecule has 1 heterocycles. The highest BCUT2D eigenvalue weighted by Crippen LogP contribution is 2.58. The summed E-state index contributed by atoms with van der Waals surface area (Å²) in [5, 5.41) is 7.63. The van der Waals surface area contributed by atoms with Crippen molar-refractivity contribution in [3.63, 3.8) is 0 Å². The highest BCUT2D eigenvalue weighted by Gasteiger charge is 2.48. The van der Waals surface area contributed by atoms with Gasteiger partial charge in [-0.2, -0.15) is 0 Å². The minimum Gasteiger partial charge on any atom is -0.378 e. The number of allylic oxidation sites excluding steroid dienone is 2. The maximum atomic E-state index is 4.37. The molecule has 1 aromatic heterocycles. The summed E-state index contributed by atoms with van der Waals surface area (Å²) < 4.78 is 1.31. The van der Waals surface area contributed by atoms with Crippen LogP contribution in [-0.2, 0) is 11.0 Å². The molecule has 1 N–H and O–H groups in total. The van der Waals surface area contributed by atoms with Crippen LogP contribution in [0.25, 0.3) is 37.6 Å². The van der Waals surface area contributed by atoms with Crippen molar-refractivity contribution in [2.24, 2.45) is 0 Å². The van der Waals surface area contributed by atoms with Crippen LogP contribution in [0.15, 0.2) is 189 Å². The quantitative estimate of drug-likeness (QED) is 0.145. The summed E-state index contributed by atoms with van der Waals surface area (Å²) in [4.78, 5) is 1.35. The predicted octanol–water partition coefficient (Wildman–Crippen LogP) is 14.6. The van der Waals surface area contributed by atoms with Crippen molar-refractivity contribution in [1.29, 1.82) is 0 Å². The molecule has 2 heteroatoms. The molecule has 276 valence electrons. The first-order chi connectivity index (χ1) is 27.4. The average Bonchev–Trinajstić information content (AvgIpc) is 3.82. The molecule has 56 heavy (non-hydrogen) atoms. The lowest BCUT2D eigenvalue weighted by molar-refractivity contribution is 0.511. The summed E-state index contributed by atoms with van der Waals surface area (Å²) in [5.41, 5.74) is 11.4. The number of rotatable bonds is 9. The maximum absolute atomic E-state index is 4.37. The van der Waals surface area contributed by atoms with Gasteiger partial charge in [-0.3, -0.25) is 0 Å². The highest BCUT2D eigenvalue weighted by atomic mass is 32.1. The van der Waals surface area contributed by atoms with Gasteiger partial charge in [-0.15, -0.1) is 11.3 Å². The van der Waals surface area contributed by atoms with Gasteiger partial charge in [0, 0.05) is 9.58 Å². The number of benzene rings is 7. The molecule has 7 aromatic carbocycles. The number of aryl methyl sites for hydroxylation is 1. The molecule has 1 aliphatic rings. The number of unbranched alkanes of at least 4 members (excludes halogenated alkanes) is 1. The molecule has 0 saturated carbocycles. The van der Waals surface area contributed by atoms with Crippen molar-refractivity contribution in [2.75, 3.05) is 0 Å². The van der Waals surface area contributed by atoms with Crippen LogP contribution >= 0.6 is 11.3 Å². The van der Waals surface area contributed by atoms with Gasteiger partial charge < -0.3 is 5.32 Å². The van der Waals surface area contributed by atoms with Crippen molar-refractivity contribution < 1.29 is 0 Å². The summed E-state index contributed by atoms with van der Waals surface area (Å²) in [6, 6.07) is 62.1. The van der Waals surface area contributed by atoms with Crippen LogP contribution in [0, 0.1) is 6.92 Å². The minimum absolute atomic E-state index is 0.448. The van der Waals surface area contributed by atoms with Crippen LogP contribution in [0.4, 0.5) is 0 Å². The van der Waals surface area contributed by atoms with Gasteiger partial charge in [0.15, 0.2) is 0 Å². The van der Waals surface area contributed by atoms with Crippen molar-refractivity contribution in [2.45, 2.75) is 51.5 Å². The third-order valence-electron chi connectivity index (χ3n) is 11.6. The largest absolute Gasteiger partial charge is 0.378 e. The van der Waals surface area contributed by atoms with Crippen LogP contribution in [0.2, 0.25) is 0 Å². The first kappa shape index (κ1) is 37.0. The molecule has 9 rings (SSSR count). The van der Waals surface area contributed by atoms with E-state index in [0.29, 0.717) is 0 Å². The van der Waals surface area contributed by atoms with Crippen molar-refractivity contribution in [3.8, 4) is 11.1 Å². The highest BCUT2D eigenvalue weighted by molar-refractivity contribution is 7.19. The van der Waals surface area contributed by atoms with E-state index in [9.17, 15) is 0 Å². The van der Waals surface area contributed by atoms with Crippen molar-refractivity contribution in [1.82, 2.24) is 5.32 Å². The molecule has 8 aromatic rings. The van der Waals surface area contributed by atoms with E-state index in [1.807, 2.05) is 17.4 Å². The zero-order chi connectivity index (χ0) is 38.7. The Balaban J connectivity index is 0.00000105. The fourth-order valence-electron chi connectivity index (χ4n) is 8.52. The first-order valence-electron chi connectivity index (χ1n) is 19.9. The molecule has 1 unspecified atom stereocenters. The average molecular weight is 744 g/mol. The summed E-state index contributed by atoms with van der Waals surface area (Å²) >= 11 is 1.91. The summed E-state index contributed by atoms with van der Waals surface area (Å²) in [7, 11) is 0.